The number of likely N-dealkylation sites (tertiary alicyclic amines) is 2. The molecule has 45 heavy (non-hydrogen) atoms. The molecule has 12 heteroatoms. The van der Waals surface area contributed by atoms with Gasteiger partial charge in [-0.2, -0.15) is 4.31 Å². The van der Waals surface area contributed by atoms with Gasteiger partial charge in [-0.1, -0.05) is 30.2 Å². The predicted octanol–water partition coefficient (Wildman–Crippen LogP) is 4.24. The first-order valence-corrected chi connectivity index (χ1v) is 17.6. The number of ether oxygens (including phenoxy) is 3. The Morgan fingerprint density at radius 1 is 1.00 bits per heavy atom. The summed E-state index contributed by atoms with van der Waals surface area (Å²) in [5.41, 5.74) is 0.981. The van der Waals surface area contributed by atoms with Crippen LogP contribution in [0.15, 0.2) is 65.3 Å². The molecule has 1 amide bonds. The molecule has 1 N–H and O–H groups in total. The van der Waals surface area contributed by atoms with Crippen molar-refractivity contribution in [1.82, 2.24) is 14.1 Å². The van der Waals surface area contributed by atoms with Gasteiger partial charge in [0.05, 0.1) is 25.2 Å². The first-order chi connectivity index (χ1) is 21.8. The largest absolute Gasteiger partial charge is 0.497 e. The highest BCUT2D eigenvalue weighted by Gasteiger charge is 2.34. The molecule has 5 rings (SSSR count). The second-order valence-corrected chi connectivity index (χ2v) is 14.1. The number of carbonyl (C=O) groups is 1. The van der Waals surface area contributed by atoms with Gasteiger partial charge in [-0.15, -0.1) is 0 Å². The van der Waals surface area contributed by atoms with Gasteiger partial charge < -0.3 is 29.1 Å². The van der Waals surface area contributed by atoms with E-state index >= 15 is 0 Å². The van der Waals surface area contributed by atoms with Crippen LogP contribution in [0.4, 0.5) is 0 Å². The molecule has 0 aromatic heterocycles. The Kier molecular flexibility index (Phi) is 11.8. The molecule has 2 fully saturated rings. The fourth-order valence-electron chi connectivity index (χ4n) is 6.37. The van der Waals surface area contributed by atoms with E-state index in [0.29, 0.717) is 36.3 Å². The van der Waals surface area contributed by atoms with Crippen LogP contribution in [0.1, 0.15) is 50.0 Å². The topological polar surface area (TPSA) is 109 Å². The lowest BCUT2D eigenvalue weighted by Crippen LogP contribution is -2.49. The molecule has 246 valence electrons. The molecule has 3 aliphatic rings. The molecule has 2 aromatic rings. The standard InChI is InChI=1S/C33H44ClN3O7S/c1-42-29-9-11-30(12-10-29)45(40,41)37(19-21-38)20-22-43-32-24-26(25-5-7-27(34)8-6-25)23-31(44-32)33(39)36-17-13-28(14-18-36)35-15-3-2-4-16-35/h5-12,23,26,28,32,38H,2-4,13-22,24H2,1H3/t26-,32+/m1/s1. The monoisotopic (exact) mass is 661 g/mol. The number of nitrogens with zero attached hydrogens (tertiary/aromatic N) is 3. The van der Waals surface area contributed by atoms with Crippen LogP contribution in [-0.2, 0) is 24.3 Å². The van der Waals surface area contributed by atoms with Gasteiger partial charge in [0, 0.05) is 49.6 Å². The zero-order valence-electron chi connectivity index (χ0n) is 25.9. The van der Waals surface area contributed by atoms with Crippen LogP contribution < -0.4 is 4.74 Å². The van der Waals surface area contributed by atoms with Gasteiger partial charge in [0.15, 0.2) is 5.76 Å². The minimum absolute atomic E-state index is 0.00258. The Morgan fingerprint density at radius 2 is 1.69 bits per heavy atom. The summed E-state index contributed by atoms with van der Waals surface area (Å²) < 4.78 is 45.2. The molecule has 0 spiro atoms. The lowest BCUT2D eigenvalue weighted by atomic mass is 9.92. The van der Waals surface area contributed by atoms with Crippen molar-refractivity contribution in [2.75, 3.05) is 59.6 Å². The second kappa shape index (κ2) is 15.8. The highest BCUT2D eigenvalue weighted by Crippen LogP contribution is 2.33. The smallest absolute Gasteiger partial charge is 0.288 e. The molecule has 0 aliphatic carbocycles. The number of sulfonamides is 1. The van der Waals surface area contributed by atoms with Gasteiger partial charge in [0.1, 0.15) is 5.75 Å². The van der Waals surface area contributed by atoms with Crippen molar-refractivity contribution in [3.63, 3.8) is 0 Å². The van der Waals surface area contributed by atoms with E-state index in [0.717, 1.165) is 31.5 Å². The first-order valence-electron chi connectivity index (χ1n) is 15.8. The third-order valence-electron chi connectivity index (χ3n) is 8.92. The summed E-state index contributed by atoms with van der Waals surface area (Å²) in [4.78, 5) is 18.3. The molecule has 3 heterocycles. The number of amides is 1. The van der Waals surface area contributed by atoms with Crippen LogP contribution in [0.2, 0.25) is 5.02 Å². The normalized spacial score (nSPS) is 21.8. The lowest BCUT2D eigenvalue weighted by molar-refractivity contribution is -0.153. The Balaban J connectivity index is 1.24. The van der Waals surface area contributed by atoms with Crippen molar-refractivity contribution in [2.45, 2.75) is 61.7 Å². The summed E-state index contributed by atoms with van der Waals surface area (Å²) in [6, 6.07) is 14.1. The van der Waals surface area contributed by atoms with E-state index in [9.17, 15) is 18.3 Å². The van der Waals surface area contributed by atoms with Crippen LogP contribution >= 0.6 is 11.6 Å². The number of rotatable bonds is 12. The Morgan fingerprint density at radius 3 is 2.33 bits per heavy atom. The molecule has 2 aromatic carbocycles. The van der Waals surface area contributed by atoms with Crippen LogP contribution in [0, 0.1) is 0 Å². The molecule has 2 saturated heterocycles. The number of aliphatic hydroxyl groups excluding tert-OH is 1. The maximum atomic E-state index is 13.7. The summed E-state index contributed by atoms with van der Waals surface area (Å²) in [5, 5.41) is 10.2. The van der Waals surface area contributed by atoms with Gasteiger partial charge in [0.2, 0.25) is 16.3 Å². The van der Waals surface area contributed by atoms with E-state index in [1.165, 1.54) is 42.8 Å². The van der Waals surface area contributed by atoms with Crippen molar-refractivity contribution < 1.29 is 32.5 Å². The van der Waals surface area contributed by atoms with E-state index in [1.807, 2.05) is 35.2 Å². The molecule has 0 unspecified atom stereocenters. The molecule has 0 radical (unpaired) electrons. The average Bonchev–Trinajstić information content (AvgIpc) is 3.08. The summed E-state index contributed by atoms with van der Waals surface area (Å²) in [6.45, 7) is 3.22. The first kappa shape index (κ1) is 33.7. The number of hydrogen-bond acceptors (Lipinski definition) is 8. The molecular formula is C33H44ClN3O7S. The van der Waals surface area contributed by atoms with E-state index < -0.39 is 16.3 Å². The maximum Gasteiger partial charge on any atom is 0.288 e. The zero-order valence-corrected chi connectivity index (χ0v) is 27.4. The predicted molar refractivity (Wildman–Crippen MR) is 172 cm³/mol. The maximum absolute atomic E-state index is 13.7. The number of benzene rings is 2. The molecule has 3 aliphatic heterocycles. The Bertz CT molecular complexity index is 1390. The third kappa shape index (κ3) is 8.58. The second-order valence-electron chi connectivity index (χ2n) is 11.8. The SMILES string of the molecule is COc1ccc(S(=O)(=O)N(CCO)CCO[C@@H]2C[C@H](c3ccc(Cl)cc3)C=C(C(=O)N3CCC(N4CCCCC4)CC3)O2)cc1. The zero-order chi connectivity index (χ0) is 31.8. The summed E-state index contributed by atoms with van der Waals surface area (Å²) in [5.74, 6) is 0.493. The van der Waals surface area contributed by atoms with Crippen LogP contribution in [0.5, 0.6) is 5.75 Å². The van der Waals surface area contributed by atoms with Crippen molar-refractivity contribution in [2.24, 2.45) is 0 Å². The molecule has 0 bridgehead atoms. The van der Waals surface area contributed by atoms with Crippen molar-refractivity contribution >= 4 is 27.5 Å². The number of carbonyl (C=O) groups excluding carboxylic acids is 1. The minimum Gasteiger partial charge on any atom is -0.497 e. The Labute approximate surface area is 271 Å². The summed E-state index contributed by atoms with van der Waals surface area (Å²) in [6.07, 6.45) is 7.24. The Hall–Kier alpha value is -2.67. The van der Waals surface area contributed by atoms with Crippen molar-refractivity contribution in [1.29, 1.82) is 0 Å². The van der Waals surface area contributed by atoms with Crippen LogP contribution in [0.3, 0.4) is 0 Å². The molecule has 10 nitrogen and oxygen atoms in total. The van der Waals surface area contributed by atoms with Gasteiger partial charge in [-0.05, 0) is 86.8 Å². The number of hydrogen-bond donors (Lipinski definition) is 1. The van der Waals surface area contributed by atoms with E-state index in [-0.39, 0.29) is 48.8 Å². The fraction of sp³-hybridized carbons (Fsp3) is 0.545. The van der Waals surface area contributed by atoms with Crippen molar-refractivity contribution in [3.05, 3.63) is 71.0 Å². The quantitative estimate of drug-likeness (QED) is 0.360. The lowest BCUT2D eigenvalue weighted by Gasteiger charge is -2.40. The highest BCUT2D eigenvalue weighted by atomic mass is 35.5. The number of allylic oxidation sites excluding steroid dienone is 1. The number of piperidine rings is 2. The molecule has 2 atom stereocenters. The fourth-order valence-corrected chi connectivity index (χ4v) is 7.91. The minimum atomic E-state index is -3.89. The summed E-state index contributed by atoms with van der Waals surface area (Å²) in [7, 11) is -2.38. The van der Waals surface area contributed by atoms with Gasteiger partial charge >= 0.3 is 0 Å². The third-order valence-corrected chi connectivity index (χ3v) is 11.1. The van der Waals surface area contributed by atoms with Crippen LogP contribution in [0.25, 0.3) is 0 Å². The number of methoxy groups -OCH3 is 1. The van der Waals surface area contributed by atoms with E-state index in [2.05, 4.69) is 4.90 Å². The molecule has 0 saturated carbocycles. The number of halogens is 1. The average molecular weight is 662 g/mol. The van der Waals surface area contributed by atoms with E-state index in [4.69, 9.17) is 25.8 Å². The number of aliphatic hydroxyl groups is 1. The van der Waals surface area contributed by atoms with Crippen LogP contribution in [-0.4, -0.2) is 105 Å². The van der Waals surface area contributed by atoms with Gasteiger partial charge in [-0.3, -0.25) is 4.79 Å². The van der Waals surface area contributed by atoms with Gasteiger partial charge in [0.25, 0.3) is 5.91 Å². The van der Waals surface area contributed by atoms with Crippen molar-refractivity contribution in [3.8, 4) is 5.75 Å². The summed E-state index contributed by atoms with van der Waals surface area (Å²) >= 11 is 6.14. The van der Waals surface area contributed by atoms with Gasteiger partial charge in [-0.25, -0.2) is 8.42 Å². The molecular weight excluding hydrogens is 618 g/mol. The highest BCUT2D eigenvalue weighted by molar-refractivity contribution is 7.89. The van der Waals surface area contributed by atoms with E-state index in [1.54, 1.807) is 12.1 Å².